The Morgan fingerprint density at radius 2 is 2.12 bits per heavy atom. The molecule has 0 radical (unpaired) electrons. The molecule has 0 saturated heterocycles. The largest absolute Gasteiger partial charge is 0.480 e. The van der Waals surface area contributed by atoms with Crippen LogP contribution in [-0.4, -0.2) is 23.0 Å². The first-order valence-corrected chi connectivity index (χ1v) is 5.62. The van der Waals surface area contributed by atoms with Gasteiger partial charge in [0.1, 0.15) is 11.9 Å². The van der Waals surface area contributed by atoms with Crippen LogP contribution in [0.3, 0.4) is 0 Å². The summed E-state index contributed by atoms with van der Waals surface area (Å²) in [5, 5.41) is 11.2. The highest BCUT2D eigenvalue weighted by atomic mass is 79.9. The molecule has 0 saturated carbocycles. The molecule has 92 valence electrons. The van der Waals surface area contributed by atoms with Crippen LogP contribution < -0.4 is 5.32 Å². The maximum atomic E-state index is 13.1. The Labute approximate surface area is 106 Å². The fraction of sp³-hybridized carbons (Fsp3) is 0.273. The second-order valence-electron chi connectivity index (χ2n) is 3.57. The molecule has 0 aliphatic rings. The molecule has 4 nitrogen and oxygen atoms in total. The molecule has 0 heterocycles. The van der Waals surface area contributed by atoms with Crippen LogP contribution in [-0.2, 0) is 16.0 Å². The zero-order valence-electron chi connectivity index (χ0n) is 9.04. The molecule has 1 atom stereocenters. The van der Waals surface area contributed by atoms with Crippen LogP contribution in [0.25, 0.3) is 0 Å². The van der Waals surface area contributed by atoms with Gasteiger partial charge in [-0.15, -0.1) is 0 Å². The molecule has 1 unspecified atom stereocenters. The van der Waals surface area contributed by atoms with Crippen LogP contribution in [0.4, 0.5) is 4.39 Å². The SMILES string of the molecule is CC(=O)NC(Cc1cc(F)cc(Br)c1)C(=O)O. The van der Waals surface area contributed by atoms with Crippen LogP contribution in [0.1, 0.15) is 12.5 Å². The Bertz CT molecular complexity index is 430. The van der Waals surface area contributed by atoms with E-state index >= 15 is 0 Å². The number of nitrogens with one attached hydrogen (secondary N) is 1. The van der Waals surface area contributed by atoms with Crippen LogP contribution in [0.2, 0.25) is 0 Å². The fourth-order valence-electron chi connectivity index (χ4n) is 1.41. The van der Waals surface area contributed by atoms with Gasteiger partial charge in [-0.3, -0.25) is 4.79 Å². The lowest BCUT2D eigenvalue weighted by molar-refractivity contribution is -0.141. The number of hydrogen-bond acceptors (Lipinski definition) is 2. The predicted octanol–water partition coefficient (Wildman–Crippen LogP) is 1.72. The average molecular weight is 304 g/mol. The molecular formula is C11H11BrFNO3. The molecule has 0 bridgehead atoms. The normalized spacial score (nSPS) is 11.9. The van der Waals surface area contributed by atoms with Crippen LogP contribution >= 0.6 is 15.9 Å². The quantitative estimate of drug-likeness (QED) is 0.890. The highest BCUT2D eigenvalue weighted by molar-refractivity contribution is 9.10. The van der Waals surface area contributed by atoms with Gasteiger partial charge in [0.15, 0.2) is 0 Å². The zero-order chi connectivity index (χ0) is 13.0. The third kappa shape index (κ3) is 4.52. The molecule has 1 rings (SSSR count). The van der Waals surface area contributed by atoms with Crippen molar-refractivity contribution < 1.29 is 19.1 Å². The molecule has 0 aliphatic carbocycles. The maximum absolute atomic E-state index is 13.1. The van der Waals surface area contributed by atoms with Gasteiger partial charge in [0.05, 0.1) is 0 Å². The summed E-state index contributed by atoms with van der Waals surface area (Å²) in [5.74, 6) is -2.05. The third-order valence-corrected chi connectivity index (χ3v) is 2.50. The first-order chi connectivity index (χ1) is 7.88. The topological polar surface area (TPSA) is 66.4 Å². The maximum Gasteiger partial charge on any atom is 0.326 e. The number of benzene rings is 1. The van der Waals surface area contributed by atoms with E-state index < -0.39 is 23.7 Å². The molecule has 0 aromatic heterocycles. The summed E-state index contributed by atoms with van der Waals surface area (Å²) in [6, 6.07) is 3.07. The van der Waals surface area contributed by atoms with Crippen molar-refractivity contribution in [1.82, 2.24) is 5.32 Å². The number of carbonyl (C=O) groups is 2. The Balaban J connectivity index is 2.85. The van der Waals surface area contributed by atoms with E-state index in [2.05, 4.69) is 21.2 Å². The van der Waals surface area contributed by atoms with Crippen molar-refractivity contribution in [2.45, 2.75) is 19.4 Å². The van der Waals surface area contributed by atoms with Gasteiger partial charge in [-0.05, 0) is 23.8 Å². The molecule has 0 spiro atoms. The molecule has 1 amide bonds. The van der Waals surface area contributed by atoms with E-state index in [1.54, 1.807) is 6.07 Å². The number of aliphatic carboxylic acids is 1. The summed E-state index contributed by atoms with van der Waals surface area (Å²) in [4.78, 5) is 21.7. The monoisotopic (exact) mass is 303 g/mol. The van der Waals surface area contributed by atoms with Crippen LogP contribution in [0, 0.1) is 5.82 Å². The first kappa shape index (κ1) is 13.6. The van der Waals surface area contributed by atoms with Gasteiger partial charge in [0, 0.05) is 17.8 Å². The van der Waals surface area contributed by atoms with Crippen molar-refractivity contribution in [3.05, 3.63) is 34.1 Å². The summed E-state index contributed by atoms with van der Waals surface area (Å²) >= 11 is 3.12. The standard InChI is InChI=1S/C11H11BrFNO3/c1-6(15)14-10(11(16)17)4-7-2-8(12)5-9(13)3-7/h2-3,5,10H,4H2,1H3,(H,14,15)(H,16,17). The molecule has 17 heavy (non-hydrogen) atoms. The van der Waals surface area contributed by atoms with Gasteiger partial charge in [-0.1, -0.05) is 15.9 Å². The fourth-order valence-corrected chi connectivity index (χ4v) is 1.92. The molecular weight excluding hydrogens is 293 g/mol. The minimum absolute atomic E-state index is 0.0330. The average Bonchev–Trinajstić information content (AvgIpc) is 2.13. The van der Waals surface area contributed by atoms with Crippen molar-refractivity contribution in [1.29, 1.82) is 0 Å². The molecule has 6 heteroatoms. The van der Waals surface area contributed by atoms with Gasteiger partial charge in [-0.25, -0.2) is 9.18 Å². The molecule has 0 fully saturated rings. The van der Waals surface area contributed by atoms with E-state index in [0.717, 1.165) is 0 Å². The van der Waals surface area contributed by atoms with Crippen molar-refractivity contribution in [3.63, 3.8) is 0 Å². The summed E-state index contributed by atoms with van der Waals surface area (Å²) in [5.41, 5.74) is 0.498. The van der Waals surface area contributed by atoms with Gasteiger partial charge in [0.25, 0.3) is 0 Å². The highest BCUT2D eigenvalue weighted by Gasteiger charge is 2.19. The number of carbonyl (C=O) groups excluding carboxylic acids is 1. The Morgan fingerprint density at radius 1 is 1.47 bits per heavy atom. The molecule has 1 aromatic carbocycles. The third-order valence-electron chi connectivity index (χ3n) is 2.04. The second kappa shape index (κ2) is 5.77. The summed E-state index contributed by atoms with van der Waals surface area (Å²) in [6.45, 7) is 1.23. The van der Waals surface area contributed by atoms with E-state index in [4.69, 9.17) is 5.11 Å². The Hall–Kier alpha value is -1.43. The van der Waals surface area contributed by atoms with Crippen molar-refractivity contribution in [2.24, 2.45) is 0 Å². The minimum Gasteiger partial charge on any atom is -0.480 e. The zero-order valence-corrected chi connectivity index (χ0v) is 10.6. The van der Waals surface area contributed by atoms with Gasteiger partial charge in [-0.2, -0.15) is 0 Å². The summed E-state index contributed by atoms with van der Waals surface area (Å²) in [7, 11) is 0. The Morgan fingerprint density at radius 3 is 2.59 bits per heavy atom. The lowest BCUT2D eigenvalue weighted by Gasteiger charge is -2.13. The predicted molar refractivity (Wildman–Crippen MR) is 63.0 cm³/mol. The number of hydrogen-bond donors (Lipinski definition) is 2. The van der Waals surface area contributed by atoms with E-state index in [9.17, 15) is 14.0 Å². The smallest absolute Gasteiger partial charge is 0.326 e. The lowest BCUT2D eigenvalue weighted by atomic mass is 10.1. The minimum atomic E-state index is -1.15. The number of carboxylic acids is 1. The van der Waals surface area contributed by atoms with Crippen molar-refractivity contribution in [3.8, 4) is 0 Å². The first-order valence-electron chi connectivity index (χ1n) is 4.83. The van der Waals surface area contributed by atoms with Crippen LogP contribution in [0.5, 0.6) is 0 Å². The number of amides is 1. The van der Waals surface area contributed by atoms with E-state index in [-0.39, 0.29) is 6.42 Å². The van der Waals surface area contributed by atoms with Crippen molar-refractivity contribution >= 4 is 27.8 Å². The highest BCUT2D eigenvalue weighted by Crippen LogP contribution is 2.16. The summed E-state index contributed by atoms with van der Waals surface area (Å²) < 4.78 is 13.6. The van der Waals surface area contributed by atoms with E-state index in [0.29, 0.717) is 10.0 Å². The summed E-state index contributed by atoms with van der Waals surface area (Å²) in [6.07, 6.45) is 0.0330. The van der Waals surface area contributed by atoms with Crippen molar-refractivity contribution in [2.75, 3.05) is 0 Å². The molecule has 1 aromatic rings. The van der Waals surface area contributed by atoms with Crippen LogP contribution in [0.15, 0.2) is 22.7 Å². The number of carboxylic acid groups (broad SMARTS) is 1. The van der Waals surface area contributed by atoms with Gasteiger partial charge >= 0.3 is 5.97 Å². The second-order valence-corrected chi connectivity index (χ2v) is 4.49. The molecule has 2 N–H and O–H groups in total. The van der Waals surface area contributed by atoms with E-state index in [1.807, 2.05) is 0 Å². The lowest BCUT2D eigenvalue weighted by Crippen LogP contribution is -2.41. The van der Waals surface area contributed by atoms with E-state index in [1.165, 1.54) is 19.1 Å². The van der Waals surface area contributed by atoms with Gasteiger partial charge < -0.3 is 10.4 Å². The Kier molecular flexibility index (Phi) is 4.62. The molecule has 0 aliphatic heterocycles. The number of halogens is 2. The number of rotatable bonds is 4. The van der Waals surface area contributed by atoms with Gasteiger partial charge in [0.2, 0.25) is 5.91 Å².